The van der Waals surface area contributed by atoms with Crippen molar-refractivity contribution in [3.63, 3.8) is 0 Å². The molecule has 1 aliphatic heterocycles. The first-order valence-electron chi connectivity index (χ1n) is 5.56. The van der Waals surface area contributed by atoms with Crippen LogP contribution in [0.3, 0.4) is 0 Å². The second-order valence-corrected chi connectivity index (χ2v) is 3.76. The van der Waals surface area contributed by atoms with Crippen molar-refractivity contribution in [2.75, 3.05) is 0 Å². The van der Waals surface area contributed by atoms with Gasteiger partial charge in [0.1, 0.15) is 5.78 Å². The van der Waals surface area contributed by atoms with Gasteiger partial charge in [0.15, 0.2) is 0 Å². The Morgan fingerprint density at radius 2 is 2.29 bits per heavy atom. The molecule has 78 valence electrons. The lowest BCUT2D eigenvalue weighted by molar-refractivity contribution is -0.118. The number of unbranched alkanes of at least 4 members (excludes halogenated alkanes) is 2. The minimum Gasteiger partial charge on any atom is -0.299 e. The Morgan fingerprint density at radius 1 is 1.43 bits per heavy atom. The van der Waals surface area contributed by atoms with Gasteiger partial charge in [0, 0.05) is 24.8 Å². The fraction of sp³-hybridized carbons (Fsp3) is 0.667. The van der Waals surface area contributed by atoms with Crippen LogP contribution < -0.4 is 0 Å². The van der Waals surface area contributed by atoms with Gasteiger partial charge in [-0.05, 0) is 19.3 Å². The first-order valence-corrected chi connectivity index (χ1v) is 5.56. The number of allylic oxidation sites excluding steroid dienone is 2. The van der Waals surface area contributed by atoms with E-state index in [0.717, 1.165) is 37.8 Å². The van der Waals surface area contributed by atoms with E-state index in [1.807, 2.05) is 6.21 Å². The molecule has 0 unspecified atom stereocenters. The molecular weight excluding hydrogens is 174 g/mol. The molecule has 0 saturated heterocycles. The molecular formula is C12H19NO. The lowest BCUT2D eigenvalue weighted by Gasteiger charge is -2.05. The highest BCUT2D eigenvalue weighted by Gasteiger charge is 2.06. The summed E-state index contributed by atoms with van der Waals surface area (Å²) in [5, 5.41) is 0. The summed E-state index contributed by atoms with van der Waals surface area (Å²) < 4.78 is 0. The van der Waals surface area contributed by atoms with Crippen molar-refractivity contribution in [2.24, 2.45) is 4.99 Å². The summed E-state index contributed by atoms with van der Waals surface area (Å²) in [4.78, 5) is 15.7. The van der Waals surface area contributed by atoms with Crippen LogP contribution in [-0.2, 0) is 4.79 Å². The molecule has 2 heteroatoms. The lowest BCUT2D eigenvalue weighted by Crippen LogP contribution is -2.00. The summed E-state index contributed by atoms with van der Waals surface area (Å²) in [5.74, 6) is 0.337. The van der Waals surface area contributed by atoms with Crippen LogP contribution in [0, 0.1) is 0 Å². The van der Waals surface area contributed by atoms with E-state index >= 15 is 0 Å². The molecule has 2 nitrogen and oxygen atoms in total. The highest BCUT2D eigenvalue weighted by atomic mass is 16.1. The van der Waals surface area contributed by atoms with Gasteiger partial charge >= 0.3 is 0 Å². The number of aliphatic imine (C=N–C) groups is 1. The van der Waals surface area contributed by atoms with Crippen LogP contribution in [0.15, 0.2) is 16.8 Å². The molecule has 0 aromatic rings. The Hall–Kier alpha value is -0.920. The van der Waals surface area contributed by atoms with E-state index in [-0.39, 0.29) is 0 Å². The summed E-state index contributed by atoms with van der Waals surface area (Å²) in [6.07, 6.45) is 10.7. The SMILES string of the molecule is CCCCCC(=O)CC1=CCCC=N1. The number of rotatable bonds is 6. The first-order chi connectivity index (χ1) is 6.83. The molecule has 0 saturated carbocycles. The quantitative estimate of drug-likeness (QED) is 0.595. The number of ketones is 1. The predicted molar refractivity (Wildman–Crippen MR) is 59.6 cm³/mol. The van der Waals surface area contributed by atoms with Crippen LogP contribution in [0.4, 0.5) is 0 Å². The normalized spacial score (nSPS) is 15.4. The van der Waals surface area contributed by atoms with Gasteiger partial charge in [0.05, 0.1) is 0 Å². The number of nitrogens with zero attached hydrogens (tertiary/aromatic N) is 1. The largest absolute Gasteiger partial charge is 0.299 e. The van der Waals surface area contributed by atoms with Gasteiger partial charge in [0.25, 0.3) is 0 Å². The molecule has 0 radical (unpaired) electrons. The average Bonchev–Trinajstić information content (AvgIpc) is 2.20. The lowest BCUT2D eigenvalue weighted by atomic mass is 10.1. The monoisotopic (exact) mass is 193 g/mol. The summed E-state index contributed by atoms with van der Waals surface area (Å²) in [7, 11) is 0. The van der Waals surface area contributed by atoms with E-state index in [1.165, 1.54) is 6.42 Å². The molecule has 0 aromatic heterocycles. The molecule has 0 fully saturated rings. The number of Topliss-reactive ketones (excluding diaryl/α,β-unsaturated/α-hetero) is 1. The molecule has 1 aliphatic rings. The topological polar surface area (TPSA) is 29.4 Å². The minimum absolute atomic E-state index is 0.337. The van der Waals surface area contributed by atoms with Crippen molar-refractivity contribution >= 4 is 12.0 Å². The van der Waals surface area contributed by atoms with Crippen LogP contribution in [0.1, 0.15) is 51.9 Å². The van der Waals surface area contributed by atoms with Crippen molar-refractivity contribution in [1.29, 1.82) is 0 Å². The Bertz CT molecular complexity index is 241. The van der Waals surface area contributed by atoms with Crippen molar-refractivity contribution < 1.29 is 4.79 Å². The fourth-order valence-corrected chi connectivity index (χ4v) is 1.54. The molecule has 0 atom stereocenters. The molecule has 0 bridgehead atoms. The third-order valence-corrected chi connectivity index (χ3v) is 2.37. The molecule has 0 aromatic carbocycles. The van der Waals surface area contributed by atoms with Crippen LogP contribution in [0.25, 0.3) is 0 Å². The van der Waals surface area contributed by atoms with Gasteiger partial charge < -0.3 is 0 Å². The molecule has 1 heterocycles. The van der Waals surface area contributed by atoms with Crippen molar-refractivity contribution in [3.05, 3.63) is 11.8 Å². The van der Waals surface area contributed by atoms with Gasteiger partial charge in [-0.2, -0.15) is 0 Å². The van der Waals surface area contributed by atoms with Gasteiger partial charge in [-0.25, -0.2) is 0 Å². The van der Waals surface area contributed by atoms with E-state index in [1.54, 1.807) is 0 Å². The van der Waals surface area contributed by atoms with Crippen molar-refractivity contribution in [1.82, 2.24) is 0 Å². The second kappa shape index (κ2) is 6.52. The van der Waals surface area contributed by atoms with Gasteiger partial charge in [-0.1, -0.05) is 25.8 Å². The Morgan fingerprint density at radius 3 is 2.93 bits per heavy atom. The number of carbonyl (C=O) groups is 1. The maximum Gasteiger partial charge on any atom is 0.138 e. The molecule has 0 amide bonds. The highest BCUT2D eigenvalue weighted by Crippen LogP contribution is 2.13. The third kappa shape index (κ3) is 4.35. The van der Waals surface area contributed by atoms with Gasteiger partial charge in [-0.15, -0.1) is 0 Å². The summed E-state index contributed by atoms with van der Waals surface area (Å²) in [6, 6.07) is 0. The smallest absolute Gasteiger partial charge is 0.138 e. The van der Waals surface area contributed by atoms with E-state index < -0.39 is 0 Å². The van der Waals surface area contributed by atoms with E-state index in [0.29, 0.717) is 12.2 Å². The van der Waals surface area contributed by atoms with Crippen LogP contribution >= 0.6 is 0 Å². The average molecular weight is 193 g/mol. The zero-order valence-corrected chi connectivity index (χ0v) is 8.96. The number of carbonyl (C=O) groups excluding carboxylic acids is 1. The highest BCUT2D eigenvalue weighted by molar-refractivity contribution is 5.81. The van der Waals surface area contributed by atoms with Crippen LogP contribution in [0.2, 0.25) is 0 Å². The molecule has 0 aliphatic carbocycles. The van der Waals surface area contributed by atoms with Crippen LogP contribution in [0.5, 0.6) is 0 Å². The van der Waals surface area contributed by atoms with Crippen molar-refractivity contribution in [2.45, 2.75) is 51.9 Å². The maximum absolute atomic E-state index is 11.5. The predicted octanol–water partition coefficient (Wildman–Crippen LogP) is 3.27. The zero-order valence-electron chi connectivity index (χ0n) is 8.96. The van der Waals surface area contributed by atoms with E-state index in [2.05, 4.69) is 18.0 Å². The molecule has 1 rings (SSSR count). The Kier molecular flexibility index (Phi) is 5.20. The third-order valence-electron chi connectivity index (χ3n) is 2.37. The summed E-state index contributed by atoms with van der Waals surface area (Å²) in [6.45, 7) is 2.15. The number of hydrogen-bond donors (Lipinski definition) is 0. The van der Waals surface area contributed by atoms with Crippen LogP contribution in [-0.4, -0.2) is 12.0 Å². The molecule has 0 N–H and O–H groups in total. The maximum atomic E-state index is 11.5. The van der Waals surface area contributed by atoms with E-state index in [4.69, 9.17) is 0 Å². The Labute approximate surface area is 86.1 Å². The first kappa shape index (κ1) is 11.2. The minimum atomic E-state index is 0.337. The van der Waals surface area contributed by atoms with Gasteiger partial charge in [-0.3, -0.25) is 9.79 Å². The fourth-order valence-electron chi connectivity index (χ4n) is 1.54. The standard InChI is InChI=1S/C12H19NO/c1-2-3-4-8-12(14)10-11-7-5-6-9-13-11/h7,9H,2-6,8,10H2,1H3. The van der Waals surface area contributed by atoms with Gasteiger partial charge in [0.2, 0.25) is 0 Å². The van der Waals surface area contributed by atoms with Crippen molar-refractivity contribution in [3.8, 4) is 0 Å². The molecule has 14 heavy (non-hydrogen) atoms. The zero-order chi connectivity index (χ0) is 10.2. The number of hydrogen-bond acceptors (Lipinski definition) is 2. The second-order valence-electron chi connectivity index (χ2n) is 3.76. The summed E-state index contributed by atoms with van der Waals surface area (Å²) in [5.41, 5.74) is 0.970. The summed E-state index contributed by atoms with van der Waals surface area (Å²) >= 11 is 0. The molecule has 0 spiro atoms. The Balaban J connectivity index is 2.19. The van der Waals surface area contributed by atoms with E-state index in [9.17, 15) is 4.79 Å².